The third-order valence-electron chi connectivity index (χ3n) is 5.96. The molecule has 5 nitrogen and oxygen atoms in total. The van der Waals surface area contributed by atoms with Gasteiger partial charge in [-0.05, 0) is 47.1 Å². The molecule has 7 heteroatoms. The summed E-state index contributed by atoms with van der Waals surface area (Å²) in [5.41, 5.74) is 7.39. The Labute approximate surface area is 198 Å². The molecule has 0 aliphatic carbocycles. The van der Waals surface area contributed by atoms with Gasteiger partial charge in [-0.15, -0.1) is 0 Å². The van der Waals surface area contributed by atoms with Gasteiger partial charge in [-0.25, -0.2) is 0 Å². The van der Waals surface area contributed by atoms with Crippen LogP contribution in [-0.4, -0.2) is 54.2 Å². The SMILES string of the molecule is CNCCOB1C2=CC=C1C=C2.CNCCOB1c2ccc(cc2)COCc2ccccc21. The Morgan fingerprint density at radius 1 is 0.788 bits per heavy atom. The monoisotopic (exact) mass is 442 g/mol. The summed E-state index contributed by atoms with van der Waals surface area (Å²) in [6.45, 7) is 4.68. The van der Waals surface area contributed by atoms with Crippen molar-refractivity contribution >= 4 is 24.8 Å². The normalized spacial score (nSPS) is 15.7. The van der Waals surface area contributed by atoms with Crippen molar-refractivity contribution < 1.29 is 14.0 Å². The van der Waals surface area contributed by atoms with E-state index in [0.717, 1.165) is 19.7 Å². The van der Waals surface area contributed by atoms with E-state index in [-0.39, 0.29) is 13.8 Å². The maximum absolute atomic E-state index is 6.14. The van der Waals surface area contributed by atoms with E-state index in [0.29, 0.717) is 19.8 Å². The number of rotatable bonds is 8. The molecule has 0 saturated heterocycles. The lowest BCUT2D eigenvalue weighted by Crippen LogP contribution is -2.47. The standard InChI is InChI=1S/C17H20BNO2.C9H12BNO/c1-19-10-11-21-18-16-8-6-14(7-9-16)12-20-13-15-4-2-3-5-17(15)18;1-11-6-7-12-10-8-2-3-9(10)5-4-8/h2-9,19H,10-13H2,1H3;2-5,11H,6-7H2,1H3. The lowest BCUT2D eigenvalue weighted by molar-refractivity contribution is 0.107. The van der Waals surface area contributed by atoms with Crippen molar-refractivity contribution in [2.75, 3.05) is 40.4 Å². The average molecular weight is 442 g/mol. The molecule has 0 amide bonds. The summed E-state index contributed by atoms with van der Waals surface area (Å²) in [5.74, 6) is 0. The first kappa shape index (κ1) is 23.7. The largest absolute Gasteiger partial charge is 0.426 e. The molecule has 0 aromatic heterocycles. The zero-order chi connectivity index (χ0) is 22.9. The van der Waals surface area contributed by atoms with Gasteiger partial charge in [0.1, 0.15) is 0 Å². The fraction of sp³-hybridized carbons (Fsp3) is 0.308. The molecule has 4 aliphatic rings. The Balaban J connectivity index is 0.000000183. The van der Waals surface area contributed by atoms with Gasteiger partial charge in [0.25, 0.3) is 0 Å². The topological polar surface area (TPSA) is 51.8 Å². The van der Waals surface area contributed by atoms with Gasteiger partial charge < -0.3 is 24.7 Å². The van der Waals surface area contributed by atoms with Crippen LogP contribution in [0, 0.1) is 0 Å². The summed E-state index contributed by atoms with van der Waals surface area (Å²) < 4.78 is 17.6. The molecule has 33 heavy (non-hydrogen) atoms. The highest BCUT2D eigenvalue weighted by Crippen LogP contribution is 2.27. The Bertz CT molecular complexity index is 983. The van der Waals surface area contributed by atoms with Crippen molar-refractivity contribution in [1.82, 2.24) is 10.6 Å². The van der Waals surface area contributed by atoms with E-state index in [2.05, 4.69) is 83.5 Å². The minimum atomic E-state index is -0.0368. The van der Waals surface area contributed by atoms with Crippen LogP contribution in [0.4, 0.5) is 0 Å². The van der Waals surface area contributed by atoms with Gasteiger partial charge in [0.05, 0.1) is 13.2 Å². The molecule has 2 aromatic rings. The fourth-order valence-electron chi connectivity index (χ4n) is 4.14. The molecule has 2 N–H and O–H groups in total. The highest BCUT2D eigenvalue weighted by molar-refractivity contribution is 6.80. The molecule has 0 saturated carbocycles. The fourth-order valence-corrected chi connectivity index (χ4v) is 4.14. The third kappa shape index (κ3) is 6.14. The zero-order valence-electron chi connectivity index (χ0n) is 19.6. The second-order valence-electron chi connectivity index (χ2n) is 8.31. The van der Waals surface area contributed by atoms with Crippen molar-refractivity contribution in [3.8, 4) is 0 Å². The van der Waals surface area contributed by atoms with E-state index in [9.17, 15) is 0 Å². The maximum atomic E-state index is 6.14. The number of allylic oxidation sites excluding steroid dienone is 6. The van der Waals surface area contributed by atoms with Gasteiger partial charge >= 0.3 is 13.8 Å². The molecule has 0 radical (unpaired) electrons. The minimum absolute atomic E-state index is 0.0368. The Kier molecular flexibility index (Phi) is 8.75. The van der Waals surface area contributed by atoms with Gasteiger partial charge in [-0.2, -0.15) is 0 Å². The smallest absolute Gasteiger partial charge is 0.362 e. The lowest BCUT2D eigenvalue weighted by atomic mass is 9.54. The quantitative estimate of drug-likeness (QED) is 0.483. The van der Waals surface area contributed by atoms with Crippen LogP contribution in [0.5, 0.6) is 0 Å². The summed E-state index contributed by atoms with van der Waals surface area (Å²) in [6, 6.07) is 16.9. The van der Waals surface area contributed by atoms with Crippen LogP contribution in [0.25, 0.3) is 0 Å². The molecule has 170 valence electrons. The average Bonchev–Trinajstić information content (AvgIpc) is 3.43. The first-order chi connectivity index (χ1) is 16.3. The van der Waals surface area contributed by atoms with Gasteiger partial charge in [0.15, 0.2) is 0 Å². The lowest BCUT2D eigenvalue weighted by Gasteiger charge is -2.20. The summed E-state index contributed by atoms with van der Waals surface area (Å²) in [7, 11) is 3.87. The summed E-state index contributed by atoms with van der Waals surface area (Å²) >= 11 is 0. The molecule has 0 atom stereocenters. The van der Waals surface area contributed by atoms with Crippen molar-refractivity contribution in [2.45, 2.75) is 13.2 Å². The van der Waals surface area contributed by atoms with Gasteiger partial charge in [-0.1, -0.05) is 72.8 Å². The van der Waals surface area contributed by atoms with Crippen molar-refractivity contribution in [3.05, 3.63) is 94.9 Å². The van der Waals surface area contributed by atoms with E-state index in [4.69, 9.17) is 14.0 Å². The third-order valence-corrected chi connectivity index (χ3v) is 5.96. The predicted octanol–water partition coefficient (Wildman–Crippen LogP) is 1.79. The van der Waals surface area contributed by atoms with Crippen molar-refractivity contribution in [3.63, 3.8) is 0 Å². The molecule has 4 aliphatic heterocycles. The molecule has 2 aromatic carbocycles. The number of benzene rings is 2. The number of likely N-dealkylation sites (N-methyl/N-ethyl adjacent to an activating group) is 2. The van der Waals surface area contributed by atoms with E-state index < -0.39 is 0 Å². The molecular weight excluding hydrogens is 410 g/mol. The van der Waals surface area contributed by atoms with E-state index in [1.807, 2.05) is 14.1 Å². The summed E-state index contributed by atoms with van der Waals surface area (Å²) in [6.07, 6.45) is 8.50. The molecule has 0 unspecified atom stereocenters. The number of hydrogen-bond donors (Lipinski definition) is 2. The highest BCUT2D eigenvalue weighted by atomic mass is 16.5. The van der Waals surface area contributed by atoms with Crippen molar-refractivity contribution in [2.24, 2.45) is 0 Å². The number of hydrogen-bond acceptors (Lipinski definition) is 5. The summed E-state index contributed by atoms with van der Waals surface area (Å²) in [4.78, 5) is 0. The molecule has 0 fully saturated rings. The predicted molar refractivity (Wildman–Crippen MR) is 137 cm³/mol. The van der Waals surface area contributed by atoms with Crippen molar-refractivity contribution in [1.29, 1.82) is 0 Å². The van der Waals surface area contributed by atoms with Gasteiger partial charge in [0.2, 0.25) is 0 Å². The van der Waals surface area contributed by atoms with Crippen LogP contribution in [0.1, 0.15) is 11.1 Å². The van der Waals surface area contributed by atoms with Crippen LogP contribution in [0.3, 0.4) is 0 Å². The van der Waals surface area contributed by atoms with E-state index in [1.54, 1.807) is 0 Å². The molecule has 4 heterocycles. The number of fused-ring (bicyclic) bond motifs is 6. The maximum Gasteiger partial charge on any atom is 0.362 e. The molecule has 6 rings (SSSR count). The van der Waals surface area contributed by atoms with E-state index >= 15 is 0 Å². The summed E-state index contributed by atoms with van der Waals surface area (Å²) in [5, 5.41) is 6.18. The zero-order valence-corrected chi connectivity index (χ0v) is 19.6. The first-order valence-electron chi connectivity index (χ1n) is 11.7. The second kappa shape index (κ2) is 12.2. The number of nitrogens with one attached hydrogen (secondary N) is 2. The highest BCUT2D eigenvalue weighted by Gasteiger charge is 2.30. The minimum Gasteiger partial charge on any atom is -0.426 e. The Morgan fingerprint density at radius 3 is 2.06 bits per heavy atom. The van der Waals surface area contributed by atoms with Crippen LogP contribution >= 0.6 is 0 Å². The van der Waals surface area contributed by atoms with Crippen LogP contribution in [-0.2, 0) is 27.3 Å². The Morgan fingerprint density at radius 2 is 1.42 bits per heavy atom. The molecule has 4 bridgehead atoms. The molecular formula is C26H32B2N2O3. The van der Waals surface area contributed by atoms with Crippen LogP contribution < -0.4 is 21.6 Å². The first-order valence-corrected chi connectivity index (χ1v) is 11.7. The van der Waals surface area contributed by atoms with Crippen LogP contribution in [0.2, 0.25) is 0 Å². The van der Waals surface area contributed by atoms with E-state index in [1.165, 1.54) is 33.0 Å². The molecule has 0 spiro atoms. The van der Waals surface area contributed by atoms with Crippen LogP contribution in [0.15, 0.2) is 83.8 Å². The second-order valence-corrected chi connectivity index (χ2v) is 8.31. The number of ether oxygens (including phenoxy) is 1. The Hall–Kier alpha value is -2.41. The van der Waals surface area contributed by atoms with Gasteiger partial charge in [0, 0.05) is 26.3 Å². The van der Waals surface area contributed by atoms with Gasteiger partial charge in [-0.3, -0.25) is 0 Å².